The summed E-state index contributed by atoms with van der Waals surface area (Å²) in [5.74, 6) is 0. The molecule has 0 aromatic carbocycles. The summed E-state index contributed by atoms with van der Waals surface area (Å²) in [6, 6.07) is 0. The summed E-state index contributed by atoms with van der Waals surface area (Å²) in [5, 5.41) is 0. The molecule has 0 N–H and O–H groups in total. The Balaban J connectivity index is 0. The predicted octanol–water partition coefficient (Wildman–Crippen LogP) is -1.51. The normalized spacial score (nSPS) is 0. The quantitative estimate of drug-likeness (QED) is 0.295. The average Bonchev–Trinajstić information content (AvgIpc) is 0. The second-order valence-electron chi connectivity index (χ2n) is 0. The summed E-state index contributed by atoms with van der Waals surface area (Å²) < 4.78 is 0. The van der Waals surface area contributed by atoms with Crippen LogP contribution in [0, 0.1) is 0 Å². The van der Waals surface area contributed by atoms with Crippen LogP contribution in [-0.4, -0.2) is 74.4 Å². The number of hydrogen-bond donors (Lipinski definition) is 0. The van der Waals surface area contributed by atoms with Gasteiger partial charge >= 0.3 is 74.4 Å². The van der Waals surface area contributed by atoms with E-state index in [4.69, 9.17) is 0 Å². The van der Waals surface area contributed by atoms with E-state index in [1.165, 1.54) is 0 Å². The van der Waals surface area contributed by atoms with E-state index < -0.39 is 0 Å². The van der Waals surface area contributed by atoms with Gasteiger partial charge in [0, 0.05) is 17.1 Å². The predicted molar refractivity (Wildman–Crippen MR) is 26.8 cm³/mol. The van der Waals surface area contributed by atoms with Crippen LogP contribution in [0.5, 0.6) is 0 Å². The molecule has 1 unspecified atom stereocenters. The number of rotatable bonds is 0. The minimum absolute atomic E-state index is 0. The van der Waals surface area contributed by atoms with Crippen molar-refractivity contribution in [3.05, 3.63) is 0 Å². The van der Waals surface area contributed by atoms with Crippen molar-refractivity contribution < 1.29 is 17.1 Å². The molecule has 0 aromatic heterocycles. The summed E-state index contributed by atoms with van der Waals surface area (Å²) in [4.78, 5) is 0. The van der Waals surface area contributed by atoms with Gasteiger partial charge in [-0.25, -0.2) is 0 Å². The fourth-order valence-electron chi connectivity index (χ4n) is 0. The zero-order chi connectivity index (χ0) is 0. The number of hydrogen-bond acceptors (Lipinski definition) is 0. The van der Waals surface area contributed by atoms with E-state index in [0.717, 1.165) is 0 Å². The fraction of sp³-hybridized carbons (Fsp3) is 0. The first-order valence-corrected chi connectivity index (χ1v) is 0. The van der Waals surface area contributed by atoms with Gasteiger partial charge in [-0.1, -0.05) is 0 Å². The van der Waals surface area contributed by atoms with Gasteiger partial charge in [-0.3, -0.25) is 0 Å². The maximum Gasteiger partial charge on any atom is 0.316 e. The molecule has 0 heterocycles. The molecule has 0 saturated carbocycles. The third-order valence-electron chi connectivity index (χ3n) is 0. The van der Waals surface area contributed by atoms with Crippen molar-refractivity contribution in [2.75, 3.05) is 0 Å². The van der Waals surface area contributed by atoms with E-state index in [9.17, 15) is 0 Å². The average molecular weight is 156 g/mol. The first-order valence-electron chi connectivity index (χ1n) is 0. The molecule has 0 rings (SSSR count). The molecule has 0 aliphatic rings. The largest absolute Gasteiger partial charge is 0.316 e. The van der Waals surface area contributed by atoms with Gasteiger partial charge in [0.05, 0.1) is 0 Å². The molecule has 4 heteroatoms. The van der Waals surface area contributed by atoms with Crippen LogP contribution < -0.4 is 0 Å². The van der Waals surface area contributed by atoms with E-state index in [-0.39, 0.29) is 101 Å². The minimum atomic E-state index is 0. The molecule has 0 amide bonds. The summed E-state index contributed by atoms with van der Waals surface area (Å²) in [5.41, 5.74) is 0. The molecule has 0 aromatic rings. The summed E-state index contributed by atoms with van der Waals surface area (Å²) in [6.07, 6.45) is 0. The Morgan fingerprint density at radius 3 is 1.00 bits per heavy atom. The minimum Gasteiger partial charge on any atom is 0.316 e. The summed E-state index contributed by atoms with van der Waals surface area (Å²) in [7, 11) is 0. The van der Waals surface area contributed by atoms with Gasteiger partial charge < -0.3 is 0 Å². The van der Waals surface area contributed by atoms with Gasteiger partial charge in [-0.05, 0) is 0 Å². The van der Waals surface area contributed by atoms with Crippen molar-refractivity contribution in [1.29, 1.82) is 0 Å². The molecular weight excluding hydrogens is 150 g/mol. The monoisotopic (exact) mass is 156 g/mol. The van der Waals surface area contributed by atoms with Crippen molar-refractivity contribution in [2.45, 2.75) is 0 Å². The van der Waals surface area contributed by atoms with Gasteiger partial charge in [0.2, 0.25) is 0 Å². The van der Waals surface area contributed by atoms with Crippen molar-refractivity contribution in [3.63, 3.8) is 0 Å². The van der Waals surface area contributed by atoms with E-state index in [2.05, 4.69) is 0 Å². The Kier molecular flexibility index (Phi) is 107. The van der Waals surface area contributed by atoms with Crippen LogP contribution in [0.4, 0.5) is 0 Å². The van der Waals surface area contributed by atoms with Gasteiger partial charge in [0.1, 0.15) is 0 Å². The molecule has 0 aliphatic carbocycles. The van der Waals surface area contributed by atoms with Crippen molar-refractivity contribution in [1.82, 2.24) is 0 Å². The smallest absolute Gasteiger partial charge is 0.316 e. The van der Waals surface area contributed by atoms with Crippen molar-refractivity contribution in [3.8, 4) is 0 Å². The molecule has 22 valence electrons. The summed E-state index contributed by atoms with van der Waals surface area (Å²) in [6.45, 7) is 0. The first kappa shape index (κ1) is 26.4. The van der Waals surface area contributed by atoms with E-state index in [1.54, 1.807) is 0 Å². The van der Waals surface area contributed by atoms with E-state index in [1.807, 2.05) is 0 Å². The van der Waals surface area contributed by atoms with Crippen LogP contribution in [-0.2, 0) is 17.1 Å². The Morgan fingerprint density at radius 2 is 1.00 bits per heavy atom. The molecule has 0 fully saturated rings. The topological polar surface area (TPSA) is 0 Å². The van der Waals surface area contributed by atoms with E-state index in [0.29, 0.717) is 0 Å². The molecule has 0 saturated heterocycles. The second kappa shape index (κ2) is 16.2. The van der Waals surface area contributed by atoms with Crippen LogP contribution in [0.1, 0.15) is 0 Å². The third kappa shape index (κ3) is 9.02. The van der Waals surface area contributed by atoms with Crippen LogP contribution in [0.3, 0.4) is 0 Å². The first-order chi connectivity index (χ1) is 0. The third-order valence-corrected chi connectivity index (χ3v) is 0. The fourth-order valence-corrected chi connectivity index (χ4v) is 0. The van der Waals surface area contributed by atoms with Crippen molar-refractivity contribution in [2.24, 2.45) is 0 Å². The van der Waals surface area contributed by atoms with Crippen molar-refractivity contribution >= 4 is 84.3 Å². The SMILES string of the molecule is P.[Fe].[KH].[MgH2]. The maximum atomic E-state index is 0. The summed E-state index contributed by atoms with van der Waals surface area (Å²) >= 11 is 0. The molecule has 0 spiro atoms. The Labute approximate surface area is 98.9 Å². The molecule has 4 heavy (non-hydrogen) atoms. The molecular formula is H6FeKMgP. The zero-order valence-corrected chi connectivity index (χ0v) is 3.58. The zero-order valence-electron chi connectivity index (χ0n) is 1.06. The molecule has 0 radical (unpaired) electrons. The second-order valence-corrected chi connectivity index (χ2v) is 0. The molecule has 1 atom stereocenters. The van der Waals surface area contributed by atoms with Gasteiger partial charge in [-0.15, -0.1) is 0 Å². The van der Waals surface area contributed by atoms with Gasteiger partial charge in [0.25, 0.3) is 0 Å². The van der Waals surface area contributed by atoms with E-state index >= 15 is 0 Å². The molecule has 0 aliphatic heterocycles. The van der Waals surface area contributed by atoms with Crippen LogP contribution >= 0.6 is 9.90 Å². The standard InChI is InChI=1S/Fe.K.Mg.H3P.3H/h;;;1H3;;;. The Bertz CT molecular complexity index is 8.00. The van der Waals surface area contributed by atoms with Crippen LogP contribution in [0.15, 0.2) is 0 Å². The molecule has 0 nitrogen and oxygen atoms in total. The Morgan fingerprint density at radius 1 is 1.00 bits per heavy atom. The van der Waals surface area contributed by atoms with Gasteiger partial charge in [0.15, 0.2) is 0 Å². The van der Waals surface area contributed by atoms with Crippen LogP contribution in [0.2, 0.25) is 0 Å². The Hall–Kier alpha value is 3.35. The maximum absolute atomic E-state index is 0. The van der Waals surface area contributed by atoms with Crippen LogP contribution in [0.25, 0.3) is 0 Å². The van der Waals surface area contributed by atoms with Gasteiger partial charge in [-0.2, -0.15) is 9.90 Å². The molecule has 0 bridgehead atoms.